The third kappa shape index (κ3) is 11.3. The van der Waals surface area contributed by atoms with Crippen molar-refractivity contribution in [2.45, 2.75) is 24.9 Å². The van der Waals surface area contributed by atoms with Gasteiger partial charge in [-0.3, -0.25) is 14.5 Å². The van der Waals surface area contributed by atoms with E-state index in [0.717, 1.165) is 65.2 Å². The lowest BCUT2D eigenvalue weighted by Crippen LogP contribution is -2.55. The van der Waals surface area contributed by atoms with Crippen LogP contribution in [0.3, 0.4) is 0 Å². The fourth-order valence-electron chi connectivity index (χ4n) is 3.70. The van der Waals surface area contributed by atoms with E-state index in [1.807, 2.05) is 11.9 Å². The first-order valence-electron chi connectivity index (χ1n) is 11.1. The zero-order valence-electron chi connectivity index (χ0n) is 18.5. The van der Waals surface area contributed by atoms with Gasteiger partial charge in [-0.05, 0) is 33.0 Å². The lowest BCUT2D eigenvalue weighted by Gasteiger charge is -2.30. The van der Waals surface area contributed by atoms with Crippen LogP contribution in [0.1, 0.15) is 12.8 Å². The Morgan fingerprint density at radius 3 is 2.10 bits per heavy atom. The first-order valence-corrected chi connectivity index (χ1v) is 12.4. The Hall–Kier alpha value is -1.15. The first-order chi connectivity index (χ1) is 14.9. The van der Waals surface area contributed by atoms with E-state index in [1.165, 1.54) is 0 Å². The molecule has 2 aliphatic rings. The van der Waals surface area contributed by atoms with E-state index in [4.69, 9.17) is 0 Å². The van der Waals surface area contributed by atoms with Crippen LogP contribution in [0, 0.1) is 0 Å². The van der Waals surface area contributed by atoms with Gasteiger partial charge in [0.15, 0.2) is 11.1 Å². The molecule has 6 N–H and O–H groups in total. The number of nitrogens with one attached hydrogen (secondary N) is 5. The van der Waals surface area contributed by atoms with Gasteiger partial charge in [-0.1, -0.05) is 0 Å². The maximum atomic E-state index is 12.7. The molecule has 1 unspecified atom stereocenters. The van der Waals surface area contributed by atoms with Crippen molar-refractivity contribution in [2.75, 3.05) is 84.8 Å². The smallest absolute Gasteiger partial charge is 0.243 e. The van der Waals surface area contributed by atoms with E-state index >= 15 is 0 Å². The van der Waals surface area contributed by atoms with Crippen LogP contribution in [0.4, 0.5) is 0 Å². The Labute approximate surface area is 187 Å². The number of carbonyl (C=O) groups excluding carboxylic acids is 2. The topological polar surface area (TPSA) is 138 Å². The third-order valence-corrected chi connectivity index (χ3v) is 6.18. The summed E-state index contributed by atoms with van der Waals surface area (Å²) in [5.41, 5.74) is 0. The first kappa shape index (κ1) is 26.1. The zero-order chi connectivity index (χ0) is 22.5. The minimum atomic E-state index is -2.19. The number of piperidine rings is 1. The van der Waals surface area contributed by atoms with Gasteiger partial charge in [0, 0.05) is 58.4 Å². The van der Waals surface area contributed by atoms with Crippen LogP contribution in [0.25, 0.3) is 0 Å². The molecule has 2 saturated heterocycles. The van der Waals surface area contributed by atoms with E-state index in [1.54, 1.807) is 0 Å². The van der Waals surface area contributed by atoms with Crippen molar-refractivity contribution in [2.24, 2.45) is 0 Å². The highest BCUT2D eigenvalue weighted by Crippen LogP contribution is 2.08. The van der Waals surface area contributed by atoms with Crippen molar-refractivity contribution in [3.05, 3.63) is 0 Å². The van der Waals surface area contributed by atoms with Crippen LogP contribution in [0.5, 0.6) is 0 Å². The Bertz CT molecular complexity index is 563. The Morgan fingerprint density at radius 2 is 1.55 bits per heavy atom. The fraction of sp³-hybridized carbons (Fsp3) is 0.895. The largest absolute Gasteiger partial charge is 0.351 e. The van der Waals surface area contributed by atoms with Crippen molar-refractivity contribution in [1.82, 2.24) is 36.4 Å². The van der Waals surface area contributed by atoms with Gasteiger partial charge in [-0.25, -0.2) is 4.21 Å². The van der Waals surface area contributed by atoms with Crippen molar-refractivity contribution in [1.29, 1.82) is 0 Å². The molecule has 0 radical (unpaired) electrons. The van der Waals surface area contributed by atoms with E-state index < -0.39 is 23.0 Å². The quantitative estimate of drug-likeness (QED) is 0.219. The van der Waals surface area contributed by atoms with Gasteiger partial charge in [-0.15, -0.1) is 0 Å². The summed E-state index contributed by atoms with van der Waals surface area (Å²) in [4.78, 5) is 29.6. The number of amides is 2. The fourth-order valence-corrected chi connectivity index (χ4v) is 4.22. The van der Waals surface area contributed by atoms with Crippen LogP contribution in [0.2, 0.25) is 0 Å². The summed E-state index contributed by atoms with van der Waals surface area (Å²) in [5.74, 6) is -1.03. The number of likely N-dealkylation sites (tertiary alicyclic amines) is 1. The lowest BCUT2D eigenvalue weighted by atomic mass is 10.1. The molecule has 2 rings (SSSR count). The summed E-state index contributed by atoms with van der Waals surface area (Å²) < 4.78 is 20.7. The summed E-state index contributed by atoms with van der Waals surface area (Å²) in [6, 6.07) is -0.996. The Morgan fingerprint density at radius 1 is 1.00 bits per heavy atom. The van der Waals surface area contributed by atoms with Gasteiger partial charge in [0.05, 0.1) is 12.3 Å². The number of rotatable bonds is 7. The number of carbonyl (C=O) groups is 2. The Kier molecular flexibility index (Phi) is 12.5. The molecule has 0 aliphatic carbocycles. The van der Waals surface area contributed by atoms with E-state index in [0.29, 0.717) is 13.1 Å². The van der Waals surface area contributed by atoms with Gasteiger partial charge in [0.25, 0.3) is 0 Å². The summed E-state index contributed by atoms with van der Waals surface area (Å²) in [6.45, 7) is 8.36. The molecule has 0 aromatic heterocycles. The van der Waals surface area contributed by atoms with E-state index in [-0.39, 0.29) is 24.2 Å². The second kappa shape index (κ2) is 14.8. The molecule has 11 nitrogen and oxygen atoms in total. The molecule has 0 saturated carbocycles. The van der Waals surface area contributed by atoms with Crippen molar-refractivity contribution < 1.29 is 18.4 Å². The summed E-state index contributed by atoms with van der Waals surface area (Å²) in [6.07, 6.45) is 1.66. The van der Waals surface area contributed by atoms with E-state index in [2.05, 4.69) is 31.5 Å². The molecule has 180 valence electrons. The van der Waals surface area contributed by atoms with Crippen molar-refractivity contribution in [3.63, 3.8) is 0 Å². The number of hydrogen-bond acceptors (Lipinski definition) is 8. The molecule has 0 aromatic carbocycles. The van der Waals surface area contributed by atoms with Crippen molar-refractivity contribution in [3.8, 4) is 0 Å². The maximum absolute atomic E-state index is 12.7. The lowest BCUT2D eigenvalue weighted by molar-refractivity contribution is -0.129. The van der Waals surface area contributed by atoms with Gasteiger partial charge in [0.1, 0.15) is 6.04 Å². The summed E-state index contributed by atoms with van der Waals surface area (Å²) in [7, 11) is 2.04. The van der Waals surface area contributed by atoms with Crippen LogP contribution in [-0.4, -0.2) is 127 Å². The van der Waals surface area contributed by atoms with Crippen LogP contribution in [-0.2, 0) is 20.7 Å². The average molecular weight is 462 g/mol. The molecule has 2 heterocycles. The SMILES string of the molecule is CN1CCC(NC(=O)[C@H](CS(=O)O)NC(=O)CN2CCNCCNCCNCC2)CC1. The maximum Gasteiger partial charge on any atom is 0.243 e. The molecule has 2 atom stereocenters. The second-order valence-electron chi connectivity index (χ2n) is 8.22. The number of hydrogen-bond donors (Lipinski definition) is 6. The van der Waals surface area contributed by atoms with Gasteiger partial charge in [-0.2, -0.15) is 0 Å². The van der Waals surface area contributed by atoms with Gasteiger partial charge >= 0.3 is 0 Å². The highest BCUT2D eigenvalue weighted by atomic mass is 32.2. The Balaban J connectivity index is 1.85. The summed E-state index contributed by atoms with van der Waals surface area (Å²) in [5, 5.41) is 15.6. The average Bonchev–Trinajstić information content (AvgIpc) is 2.71. The molecular weight excluding hydrogens is 422 g/mol. The number of nitrogens with zero attached hydrogens (tertiary/aromatic N) is 2. The minimum absolute atomic E-state index is 0.0249. The predicted molar refractivity (Wildman–Crippen MR) is 121 cm³/mol. The molecule has 2 aliphatic heterocycles. The van der Waals surface area contributed by atoms with Crippen LogP contribution < -0.4 is 26.6 Å². The molecule has 0 spiro atoms. The zero-order valence-corrected chi connectivity index (χ0v) is 19.3. The van der Waals surface area contributed by atoms with Crippen LogP contribution in [0.15, 0.2) is 0 Å². The predicted octanol–water partition coefficient (Wildman–Crippen LogP) is -3.01. The van der Waals surface area contributed by atoms with Crippen molar-refractivity contribution >= 4 is 22.9 Å². The van der Waals surface area contributed by atoms with E-state index in [9.17, 15) is 18.4 Å². The molecule has 0 aromatic rings. The molecule has 2 amide bonds. The standard InChI is InChI=1S/C19H39N7O4S/c1-25-10-2-16(3-11-25)23-19(28)17(15-31(29)30)24-18(27)14-26-12-8-21-6-4-20-5-7-22-9-13-26/h16-17,20-22H,2-15H2,1H3,(H,23,28)(H,24,27)(H,29,30)/t17-/m0/s1. The second-order valence-corrected chi connectivity index (χ2v) is 9.20. The third-order valence-electron chi connectivity index (χ3n) is 5.56. The molecule has 12 heteroatoms. The molecule has 31 heavy (non-hydrogen) atoms. The highest BCUT2D eigenvalue weighted by molar-refractivity contribution is 7.79. The minimum Gasteiger partial charge on any atom is -0.351 e. The highest BCUT2D eigenvalue weighted by Gasteiger charge is 2.27. The van der Waals surface area contributed by atoms with Crippen LogP contribution >= 0.6 is 0 Å². The summed E-state index contributed by atoms with van der Waals surface area (Å²) >= 11 is -2.19. The van der Waals surface area contributed by atoms with Gasteiger partial charge in [0.2, 0.25) is 11.8 Å². The molecule has 0 bridgehead atoms. The normalized spacial score (nSPS) is 23.2. The van der Waals surface area contributed by atoms with Gasteiger partial charge < -0.3 is 36.0 Å². The molecular formula is C19H39N7O4S. The monoisotopic (exact) mass is 461 g/mol. The molecule has 2 fully saturated rings.